The van der Waals surface area contributed by atoms with Gasteiger partial charge in [-0.1, -0.05) is 36.8 Å². The molecule has 0 saturated carbocycles. The van der Waals surface area contributed by atoms with Gasteiger partial charge in [0.15, 0.2) is 5.96 Å². The second-order valence-electron chi connectivity index (χ2n) is 6.25. The molecular formula is C20H28N4O2. The van der Waals surface area contributed by atoms with Crippen LogP contribution in [-0.2, 0) is 11.3 Å². The second kappa shape index (κ2) is 10.3. The molecule has 0 bridgehead atoms. The van der Waals surface area contributed by atoms with Crippen molar-refractivity contribution in [2.24, 2.45) is 4.99 Å². The predicted molar refractivity (Wildman–Crippen MR) is 104 cm³/mol. The van der Waals surface area contributed by atoms with Gasteiger partial charge in [-0.05, 0) is 37.5 Å². The Kier molecular flexibility index (Phi) is 7.74. The van der Waals surface area contributed by atoms with Crippen LogP contribution in [0.4, 0.5) is 0 Å². The Morgan fingerprint density at radius 1 is 1.19 bits per heavy atom. The Balaban J connectivity index is 1.82. The summed E-state index contributed by atoms with van der Waals surface area (Å²) in [7, 11) is 0. The molecule has 0 aliphatic rings. The van der Waals surface area contributed by atoms with Gasteiger partial charge in [0.1, 0.15) is 12.3 Å². The summed E-state index contributed by atoms with van der Waals surface area (Å²) in [6, 6.07) is 12.1. The van der Waals surface area contributed by atoms with Gasteiger partial charge in [0, 0.05) is 13.1 Å². The molecule has 3 N–H and O–H groups in total. The Hall–Kier alpha value is -2.76. The summed E-state index contributed by atoms with van der Waals surface area (Å²) in [5.74, 6) is 1.55. The van der Waals surface area contributed by atoms with Crippen LogP contribution < -0.4 is 16.0 Å². The molecule has 0 spiro atoms. The first-order valence-corrected chi connectivity index (χ1v) is 8.96. The summed E-state index contributed by atoms with van der Waals surface area (Å²) in [5, 5.41) is 9.25. The van der Waals surface area contributed by atoms with Gasteiger partial charge in [-0.15, -0.1) is 0 Å². The molecule has 1 unspecified atom stereocenters. The number of nitrogens with one attached hydrogen (secondary N) is 3. The lowest BCUT2D eigenvalue weighted by Gasteiger charge is -2.16. The second-order valence-corrected chi connectivity index (χ2v) is 6.25. The number of nitrogens with zero attached hydrogens (tertiary/aromatic N) is 1. The number of carbonyl (C=O) groups excluding carboxylic acids is 1. The maximum absolute atomic E-state index is 11.9. The Morgan fingerprint density at radius 2 is 2.04 bits per heavy atom. The molecule has 1 atom stereocenters. The van der Waals surface area contributed by atoms with Gasteiger partial charge in [0.2, 0.25) is 5.91 Å². The fourth-order valence-electron chi connectivity index (χ4n) is 2.49. The molecule has 1 aromatic carbocycles. The number of benzene rings is 1. The number of furan rings is 1. The summed E-state index contributed by atoms with van der Waals surface area (Å²) in [6.07, 6.45) is 1.59. The first kappa shape index (κ1) is 19.6. The van der Waals surface area contributed by atoms with E-state index in [0.29, 0.717) is 18.4 Å². The van der Waals surface area contributed by atoms with E-state index in [0.717, 1.165) is 18.8 Å². The lowest BCUT2D eigenvalue weighted by Crippen LogP contribution is -2.40. The van der Waals surface area contributed by atoms with Crippen LogP contribution in [0.5, 0.6) is 0 Å². The fourth-order valence-corrected chi connectivity index (χ4v) is 2.49. The number of guanidine groups is 1. The van der Waals surface area contributed by atoms with Crippen molar-refractivity contribution in [1.29, 1.82) is 0 Å². The Morgan fingerprint density at radius 3 is 2.73 bits per heavy atom. The summed E-state index contributed by atoms with van der Waals surface area (Å²) in [6.45, 7) is 8.17. The van der Waals surface area contributed by atoms with Crippen molar-refractivity contribution in [1.82, 2.24) is 16.0 Å². The summed E-state index contributed by atoms with van der Waals surface area (Å²) in [5.41, 5.74) is 2.53. The van der Waals surface area contributed by atoms with Crippen molar-refractivity contribution < 1.29 is 9.21 Å². The van der Waals surface area contributed by atoms with Crippen LogP contribution in [0.3, 0.4) is 0 Å². The molecule has 0 fully saturated rings. The molecule has 6 nitrogen and oxygen atoms in total. The average molecular weight is 356 g/mol. The summed E-state index contributed by atoms with van der Waals surface area (Å²) in [4.78, 5) is 16.3. The molecule has 140 valence electrons. The van der Waals surface area contributed by atoms with Gasteiger partial charge in [-0.2, -0.15) is 0 Å². The SMILES string of the molecule is CCNC(=NCC(=O)NCc1ccco1)NCC(C)c1cccc(C)c1. The minimum absolute atomic E-state index is 0.0644. The molecule has 0 aliphatic carbocycles. The van der Waals surface area contributed by atoms with E-state index in [-0.39, 0.29) is 12.5 Å². The molecule has 26 heavy (non-hydrogen) atoms. The largest absolute Gasteiger partial charge is 0.467 e. The van der Waals surface area contributed by atoms with Crippen molar-refractivity contribution in [2.75, 3.05) is 19.6 Å². The topological polar surface area (TPSA) is 78.7 Å². The zero-order valence-corrected chi connectivity index (χ0v) is 15.7. The van der Waals surface area contributed by atoms with E-state index in [1.54, 1.807) is 12.3 Å². The fraction of sp³-hybridized carbons (Fsp3) is 0.400. The number of rotatable bonds is 8. The third-order valence-electron chi connectivity index (χ3n) is 3.95. The van der Waals surface area contributed by atoms with Crippen molar-refractivity contribution in [2.45, 2.75) is 33.2 Å². The highest BCUT2D eigenvalue weighted by Crippen LogP contribution is 2.15. The molecule has 6 heteroatoms. The van der Waals surface area contributed by atoms with E-state index < -0.39 is 0 Å². The number of aliphatic imine (C=N–C) groups is 1. The first-order valence-electron chi connectivity index (χ1n) is 8.96. The smallest absolute Gasteiger partial charge is 0.242 e. The van der Waals surface area contributed by atoms with E-state index in [9.17, 15) is 4.79 Å². The number of aryl methyl sites for hydroxylation is 1. The molecule has 1 heterocycles. The van der Waals surface area contributed by atoms with E-state index in [4.69, 9.17) is 4.42 Å². The highest BCUT2D eigenvalue weighted by molar-refractivity contribution is 5.84. The van der Waals surface area contributed by atoms with Gasteiger partial charge < -0.3 is 20.4 Å². The van der Waals surface area contributed by atoms with E-state index in [1.165, 1.54) is 11.1 Å². The minimum atomic E-state index is -0.148. The molecule has 2 rings (SSSR count). The lowest BCUT2D eigenvalue weighted by atomic mass is 9.99. The Labute approximate surface area is 155 Å². The van der Waals surface area contributed by atoms with Crippen LogP contribution in [0.15, 0.2) is 52.1 Å². The Bertz CT molecular complexity index is 710. The third-order valence-corrected chi connectivity index (χ3v) is 3.95. The van der Waals surface area contributed by atoms with Crippen LogP contribution in [-0.4, -0.2) is 31.5 Å². The number of amides is 1. The number of hydrogen-bond acceptors (Lipinski definition) is 3. The van der Waals surface area contributed by atoms with Gasteiger partial charge in [0.25, 0.3) is 0 Å². The van der Waals surface area contributed by atoms with Gasteiger partial charge in [-0.25, -0.2) is 4.99 Å². The van der Waals surface area contributed by atoms with Gasteiger partial charge in [-0.3, -0.25) is 4.79 Å². The zero-order valence-electron chi connectivity index (χ0n) is 15.7. The standard InChI is InChI=1S/C20H28N4O2/c1-4-21-20(23-12-16(3)17-8-5-7-15(2)11-17)24-14-19(25)22-13-18-9-6-10-26-18/h5-11,16H,4,12-14H2,1-3H3,(H,22,25)(H2,21,23,24). The summed E-state index contributed by atoms with van der Waals surface area (Å²) >= 11 is 0. The van der Waals surface area contributed by atoms with Crippen molar-refractivity contribution in [3.63, 3.8) is 0 Å². The van der Waals surface area contributed by atoms with Crippen LogP contribution in [0.2, 0.25) is 0 Å². The highest BCUT2D eigenvalue weighted by Gasteiger charge is 2.08. The lowest BCUT2D eigenvalue weighted by molar-refractivity contribution is -0.119. The third kappa shape index (κ3) is 6.63. The molecule has 0 saturated heterocycles. The van der Waals surface area contributed by atoms with E-state index >= 15 is 0 Å². The maximum atomic E-state index is 11.9. The van der Waals surface area contributed by atoms with Crippen LogP contribution in [0, 0.1) is 6.92 Å². The normalized spacial score (nSPS) is 12.5. The minimum Gasteiger partial charge on any atom is -0.467 e. The molecule has 0 radical (unpaired) electrons. The van der Waals surface area contributed by atoms with Gasteiger partial charge >= 0.3 is 0 Å². The van der Waals surface area contributed by atoms with Crippen LogP contribution >= 0.6 is 0 Å². The monoisotopic (exact) mass is 356 g/mol. The highest BCUT2D eigenvalue weighted by atomic mass is 16.3. The maximum Gasteiger partial charge on any atom is 0.242 e. The molecule has 2 aromatic rings. The molecule has 1 aromatic heterocycles. The molecule has 0 aliphatic heterocycles. The van der Waals surface area contributed by atoms with E-state index in [1.807, 2.05) is 13.0 Å². The van der Waals surface area contributed by atoms with E-state index in [2.05, 4.69) is 59.1 Å². The molecule has 1 amide bonds. The average Bonchev–Trinajstić information content (AvgIpc) is 3.15. The number of hydrogen-bond donors (Lipinski definition) is 3. The number of carbonyl (C=O) groups is 1. The van der Waals surface area contributed by atoms with Crippen molar-refractivity contribution in [3.05, 3.63) is 59.5 Å². The first-order chi connectivity index (χ1) is 12.6. The van der Waals surface area contributed by atoms with Crippen molar-refractivity contribution in [3.8, 4) is 0 Å². The van der Waals surface area contributed by atoms with Crippen LogP contribution in [0.1, 0.15) is 36.7 Å². The summed E-state index contributed by atoms with van der Waals surface area (Å²) < 4.78 is 5.19. The quantitative estimate of drug-likeness (QED) is 0.502. The van der Waals surface area contributed by atoms with Gasteiger partial charge in [0.05, 0.1) is 12.8 Å². The van der Waals surface area contributed by atoms with Crippen molar-refractivity contribution >= 4 is 11.9 Å². The predicted octanol–water partition coefficient (Wildman–Crippen LogP) is 2.56. The molecular weight excluding hydrogens is 328 g/mol. The zero-order chi connectivity index (χ0) is 18.8. The van der Waals surface area contributed by atoms with Crippen LogP contribution in [0.25, 0.3) is 0 Å².